The molecular weight excluding hydrogens is 266 g/mol. The summed E-state index contributed by atoms with van der Waals surface area (Å²) in [4.78, 5) is 4.48. The Labute approximate surface area is 124 Å². The fourth-order valence-electron chi connectivity index (χ4n) is 2.99. The van der Waals surface area contributed by atoms with Crippen molar-refractivity contribution >= 4 is 0 Å². The lowest BCUT2D eigenvalue weighted by molar-refractivity contribution is 0.135. The fourth-order valence-corrected chi connectivity index (χ4v) is 2.99. The second-order valence-corrected chi connectivity index (χ2v) is 5.77. The number of nitrogens with two attached hydrogens (primary N) is 1. The molecule has 0 radical (unpaired) electrons. The van der Waals surface area contributed by atoms with Crippen LogP contribution in [0, 0.1) is 5.92 Å². The highest BCUT2D eigenvalue weighted by atomic mass is 16.5. The van der Waals surface area contributed by atoms with Gasteiger partial charge in [-0.3, -0.25) is 0 Å². The van der Waals surface area contributed by atoms with E-state index in [0.717, 1.165) is 25.1 Å². The number of hydrogen-bond donors (Lipinski definition) is 2. The minimum atomic E-state index is -0.348. The van der Waals surface area contributed by atoms with E-state index in [1.165, 1.54) is 5.56 Å². The van der Waals surface area contributed by atoms with Crippen LogP contribution in [0.5, 0.6) is 0 Å². The highest BCUT2D eigenvalue weighted by Crippen LogP contribution is 2.37. The van der Waals surface area contributed by atoms with E-state index in [1.54, 1.807) is 0 Å². The number of benzene rings is 1. The molecule has 0 amide bonds. The van der Waals surface area contributed by atoms with E-state index in [9.17, 15) is 5.11 Å². The summed E-state index contributed by atoms with van der Waals surface area (Å²) in [6.45, 7) is 0.507. The van der Waals surface area contributed by atoms with Gasteiger partial charge in [0, 0.05) is 12.3 Å². The van der Waals surface area contributed by atoms with E-state index < -0.39 is 0 Å². The Morgan fingerprint density at radius 3 is 2.71 bits per heavy atom. The van der Waals surface area contributed by atoms with E-state index >= 15 is 0 Å². The molecule has 1 aromatic carbocycles. The predicted octanol–water partition coefficient (Wildman–Crippen LogP) is 1.67. The molecule has 1 aliphatic carbocycles. The summed E-state index contributed by atoms with van der Waals surface area (Å²) in [7, 11) is 0. The minimum Gasteiger partial charge on any atom is -0.393 e. The van der Waals surface area contributed by atoms with Gasteiger partial charge in [-0.05, 0) is 37.3 Å². The van der Waals surface area contributed by atoms with E-state index in [4.69, 9.17) is 10.3 Å². The van der Waals surface area contributed by atoms with Gasteiger partial charge < -0.3 is 15.4 Å². The average molecular weight is 287 g/mol. The summed E-state index contributed by atoms with van der Waals surface area (Å²) in [6.07, 6.45) is 2.82. The Morgan fingerprint density at radius 2 is 2.00 bits per heavy atom. The molecule has 5 nitrogen and oxygen atoms in total. The van der Waals surface area contributed by atoms with Crippen LogP contribution in [-0.4, -0.2) is 27.9 Å². The van der Waals surface area contributed by atoms with E-state index in [0.29, 0.717) is 18.9 Å². The van der Waals surface area contributed by atoms with Crippen LogP contribution in [0.1, 0.15) is 36.0 Å². The zero-order valence-electron chi connectivity index (χ0n) is 12.0. The van der Waals surface area contributed by atoms with E-state index in [2.05, 4.69) is 22.3 Å². The van der Waals surface area contributed by atoms with Gasteiger partial charge in [-0.1, -0.05) is 35.5 Å². The molecule has 0 unspecified atom stereocenters. The van der Waals surface area contributed by atoms with Crippen molar-refractivity contribution in [2.75, 3.05) is 6.54 Å². The van der Waals surface area contributed by atoms with Crippen molar-refractivity contribution in [3.63, 3.8) is 0 Å². The molecule has 1 saturated carbocycles. The smallest absolute Gasteiger partial charge is 0.229 e. The normalized spacial score (nSPS) is 25.3. The standard InChI is InChI=1S/C16H21N3O2/c17-10-13-8-12(9-14(13)20)16-18-15(19-21-16)7-6-11-4-2-1-3-5-11/h1-5,12-14,20H,6-10,17H2/t12-,13+,14+/m1/s1. The highest BCUT2D eigenvalue weighted by Gasteiger charge is 2.35. The monoisotopic (exact) mass is 287 g/mol. The molecule has 0 bridgehead atoms. The van der Waals surface area contributed by atoms with Gasteiger partial charge in [-0.2, -0.15) is 4.98 Å². The van der Waals surface area contributed by atoms with Crippen molar-refractivity contribution in [1.29, 1.82) is 0 Å². The van der Waals surface area contributed by atoms with Gasteiger partial charge in [0.15, 0.2) is 5.82 Å². The largest absolute Gasteiger partial charge is 0.393 e. The zero-order valence-corrected chi connectivity index (χ0v) is 12.0. The van der Waals surface area contributed by atoms with Crippen molar-refractivity contribution in [2.24, 2.45) is 11.7 Å². The molecule has 1 aliphatic rings. The minimum absolute atomic E-state index is 0.145. The first-order chi connectivity index (χ1) is 10.3. The molecule has 112 valence electrons. The Morgan fingerprint density at radius 1 is 1.19 bits per heavy atom. The first-order valence-electron chi connectivity index (χ1n) is 7.51. The number of aliphatic hydroxyl groups excluding tert-OH is 1. The van der Waals surface area contributed by atoms with Crippen LogP contribution in [0.2, 0.25) is 0 Å². The maximum Gasteiger partial charge on any atom is 0.229 e. The van der Waals surface area contributed by atoms with Gasteiger partial charge in [0.2, 0.25) is 5.89 Å². The van der Waals surface area contributed by atoms with Gasteiger partial charge in [0.05, 0.1) is 6.10 Å². The average Bonchev–Trinajstić information content (AvgIpc) is 3.12. The third kappa shape index (κ3) is 3.31. The second-order valence-electron chi connectivity index (χ2n) is 5.77. The number of rotatable bonds is 5. The molecule has 3 atom stereocenters. The molecule has 3 rings (SSSR count). The van der Waals surface area contributed by atoms with Gasteiger partial charge in [0.25, 0.3) is 0 Å². The van der Waals surface area contributed by atoms with Gasteiger partial charge in [-0.25, -0.2) is 0 Å². The Hall–Kier alpha value is -1.72. The van der Waals surface area contributed by atoms with Crippen LogP contribution in [0.25, 0.3) is 0 Å². The number of aliphatic hydroxyl groups is 1. The molecule has 0 aliphatic heterocycles. The first kappa shape index (κ1) is 14.2. The second kappa shape index (κ2) is 6.37. The van der Waals surface area contributed by atoms with Gasteiger partial charge in [-0.15, -0.1) is 0 Å². The molecule has 2 aromatic rings. The van der Waals surface area contributed by atoms with Gasteiger partial charge in [0.1, 0.15) is 0 Å². The van der Waals surface area contributed by atoms with Crippen molar-refractivity contribution in [2.45, 2.75) is 37.7 Å². The molecule has 1 heterocycles. The third-order valence-corrected chi connectivity index (χ3v) is 4.27. The molecule has 1 fully saturated rings. The van der Waals surface area contributed by atoms with Crippen LogP contribution in [0.15, 0.2) is 34.9 Å². The van der Waals surface area contributed by atoms with E-state index in [-0.39, 0.29) is 17.9 Å². The zero-order chi connectivity index (χ0) is 14.7. The molecule has 0 saturated heterocycles. The maximum absolute atomic E-state index is 9.91. The van der Waals surface area contributed by atoms with Crippen LogP contribution in [0.3, 0.4) is 0 Å². The predicted molar refractivity (Wildman–Crippen MR) is 78.7 cm³/mol. The van der Waals surface area contributed by atoms with Crippen molar-refractivity contribution < 1.29 is 9.63 Å². The quantitative estimate of drug-likeness (QED) is 0.873. The Bertz CT molecular complexity index is 570. The van der Waals surface area contributed by atoms with Gasteiger partial charge >= 0.3 is 0 Å². The molecule has 3 N–H and O–H groups in total. The first-order valence-corrected chi connectivity index (χ1v) is 7.51. The summed E-state index contributed by atoms with van der Waals surface area (Å²) in [6, 6.07) is 10.3. The number of nitrogens with zero attached hydrogens (tertiary/aromatic N) is 2. The fraction of sp³-hybridized carbons (Fsp3) is 0.500. The van der Waals surface area contributed by atoms with Crippen molar-refractivity contribution in [1.82, 2.24) is 10.1 Å². The Balaban J connectivity index is 1.59. The van der Waals surface area contributed by atoms with E-state index in [1.807, 2.05) is 18.2 Å². The molecule has 21 heavy (non-hydrogen) atoms. The molecule has 0 spiro atoms. The Kier molecular flexibility index (Phi) is 4.31. The summed E-state index contributed by atoms with van der Waals surface area (Å²) >= 11 is 0. The number of aromatic nitrogens is 2. The highest BCUT2D eigenvalue weighted by molar-refractivity contribution is 5.15. The SMILES string of the molecule is NC[C@@H]1C[C@@H](c2nc(CCc3ccccc3)no2)C[C@@H]1O. The summed E-state index contributed by atoms with van der Waals surface area (Å²) < 4.78 is 5.37. The molecular formula is C16H21N3O2. The van der Waals surface area contributed by atoms with Crippen LogP contribution >= 0.6 is 0 Å². The molecule has 1 aromatic heterocycles. The van der Waals surface area contributed by atoms with Crippen molar-refractivity contribution in [3.05, 3.63) is 47.6 Å². The lowest BCUT2D eigenvalue weighted by Gasteiger charge is -2.09. The maximum atomic E-state index is 9.91. The van der Waals surface area contributed by atoms with Crippen LogP contribution in [-0.2, 0) is 12.8 Å². The number of hydrogen-bond acceptors (Lipinski definition) is 5. The number of aryl methyl sites for hydroxylation is 2. The van der Waals surface area contributed by atoms with Crippen LogP contribution in [0.4, 0.5) is 0 Å². The lowest BCUT2D eigenvalue weighted by Crippen LogP contribution is -2.21. The summed E-state index contributed by atoms with van der Waals surface area (Å²) in [5.74, 6) is 1.67. The van der Waals surface area contributed by atoms with Crippen LogP contribution < -0.4 is 5.73 Å². The molecule has 5 heteroatoms. The third-order valence-electron chi connectivity index (χ3n) is 4.27. The summed E-state index contributed by atoms with van der Waals surface area (Å²) in [5, 5.41) is 14.0. The topological polar surface area (TPSA) is 85.2 Å². The van der Waals surface area contributed by atoms with Crippen molar-refractivity contribution in [3.8, 4) is 0 Å². The lowest BCUT2D eigenvalue weighted by atomic mass is 10.0. The summed E-state index contributed by atoms with van der Waals surface area (Å²) in [5.41, 5.74) is 6.92.